The first kappa shape index (κ1) is 21.3. The molecule has 0 amide bonds. The second kappa shape index (κ2) is 8.91. The van der Waals surface area contributed by atoms with Gasteiger partial charge in [-0.1, -0.05) is 17.7 Å². The summed E-state index contributed by atoms with van der Waals surface area (Å²) in [4.78, 5) is 30.9. The molecule has 0 radical (unpaired) electrons. The van der Waals surface area contributed by atoms with Gasteiger partial charge in [0.15, 0.2) is 17.3 Å². The van der Waals surface area contributed by atoms with Crippen LogP contribution >= 0.6 is 11.6 Å². The second-order valence-corrected chi connectivity index (χ2v) is 6.33. The number of aromatic amines is 1. The number of alkyl halides is 2. The largest absolute Gasteiger partial charge is 0.493 e. The fourth-order valence-electron chi connectivity index (χ4n) is 2.68. The van der Waals surface area contributed by atoms with Crippen molar-refractivity contribution in [1.82, 2.24) is 9.97 Å². The molecule has 10 heteroatoms. The van der Waals surface area contributed by atoms with Crippen molar-refractivity contribution < 1.29 is 27.8 Å². The van der Waals surface area contributed by atoms with E-state index in [4.69, 9.17) is 16.3 Å². The molecule has 0 aliphatic heterocycles. The molecule has 7 nitrogen and oxygen atoms in total. The summed E-state index contributed by atoms with van der Waals surface area (Å²) in [5.74, 6) is -0.597. The molecule has 3 aromatic rings. The van der Waals surface area contributed by atoms with Gasteiger partial charge in [-0.15, -0.1) is 0 Å². The molecule has 156 valence electrons. The standard InChI is InChI=1S/C20H15ClF2N2O5/c1-28-15-6-3-10(8-16(15)30-20(22)23)7-13(21)17-24-14-9-11(19(27)29-2)4-5-12(14)18(26)25-17/h3-9,20H,1-2H3,(H,24,25,26)/b13-7-. The van der Waals surface area contributed by atoms with Gasteiger partial charge in [-0.25, -0.2) is 9.78 Å². The highest BCUT2D eigenvalue weighted by atomic mass is 35.5. The maximum absolute atomic E-state index is 12.6. The molecule has 3 rings (SSSR count). The second-order valence-electron chi connectivity index (χ2n) is 5.92. The summed E-state index contributed by atoms with van der Waals surface area (Å²) in [5.41, 5.74) is 0.398. The Kier molecular flexibility index (Phi) is 6.31. The Labute approximate surface area is 173 Å². The van der Waals surface area contributed by atoms with Crippen LogP contribution in [0.1, 0.15) is 21.7 Å². The minimum Gasteiger partial charge on any atom is -0.493 e. The van der Waals surface area contributed by atoms with E-state index in [0.29, 0.717) is 5.56 Å². The number of nitrogens with zero attached hydrogens (tertiary/aromatic N) is 1. The Morgan fingerprint density at radius 1 is 1.17 bits per heavy atom. The molecule has 0 atom stereocenters. The van der Waals surface area contributed by atoms with E-state index in [1.807, 2.05) is 0 Å². The Morgan fingerprint density at radius 2 is 1.93 bits per heavy atom. The van der Waals surface area contributed by atoms with E-state index in [1.54, 1.807) is 6.07 Å². The van der Waals surface area contributed by atoms with Gasteiger partial charge in [0, 0.05) is 0 Å². The lowest BCUT2D eigenvalue weighted by atomic mass is 10.1. The van der Waals surface area contributed by atoms with Crippen LogP contribution in [-0.2, 0) is 4.74 Å². The van der Waals surface area contributed by atoms with Gasteiger partial charge in [0.2, 0.25) is 0 Å². The predicted octanol–water partition coefficient (Wildman–Crippen LogP) is 4.06. The number of nitrogens with one attached hydrogen (secondary N) is 1. The SMILES string of the molecule is COC(=O)c1ccc2c(=O)[nH]c(/C(Cl)=C/c3ccc(OC)c(OC(F)F)c3)nc2c1. The summed E-state index contributed by atoms with van der Waals surface area (Å²) < 4.78 is 39.3. The van der Waals surface area contributed by atoms with Crippen LogP contribution in [0.3, 0.4) is 0 Å². The van der Waals surface area contributed by atoms with Crippen LogP contribution in [0.5, 0.6) is 11.5 Å². The summed E-state index contributed by atoms with van der Waals surface area (Å²) in [6.45, 7) is -3.03. The number of halogens is 3. The highest BCUT2D eigenvalue weighted by molar-refractivity contribution is 6.50. The Bertz CT molecular complexity index is 1190. The zero-order valence-corrected chi connectivity index (χ0v) is 16.5. The number of carbonyl (C=O) groups excluding carboxylic acids is 1. The molecule has 0 spiro atoms. The van der Waals surface area contributed by atoms with E-state index in [2.05, 4.69) is 19.4 Å². The molecule has 2 aromatic carbocycles. The van der Waals surface area contributed by atoms with Crippen LogP contribution in [0.4, 0.5) is 8.78 Å². The van der Waals surface area contributed by atoms with Gasteiger partial charge in [0.25, 0.3) is 5.56 Å². The molecule has 1 heterocycles. The van der Waals surface area contributed by atoms with Gasteiger partial charge in [0.1, 0.15) is 0 Å². The van der Waals surface area contributed by atoms with Crippen LogP contribution < -0.4 is 15.0 Å². The molecule has 0 aliphatic carbocycles. The van der Waals surface area contributed by atoms with E-state index in [9.17, 15) is 18.4 Å². The minimum absolute atomic E-state index is 0.0309. The van der Waals surface area contributed by atoms with Crippen LogP contribution in [0.2, 0.25) is 0 Å². The maximum Gasteiger partial charge on any atom is 0.387 e. The van der Waals surface area contributed by atoms with Gasteiger partial charge < -0.3 is 19.2 Å². The first-order valence-corrected chi connectivity index (χ1v) is 8.83. The number of rotatable bonds is 6. The zero-order chi connectivity index (χ0) is 21.8. The molecule has 0 saturated heterocycles. The molecule has 0 unspecified atom stereocenters. The van der Waals surface area contributed by atoms with Crippen LogP contribution in [0.25, 0.3) is 22.0 Å². The minimum atomic E-state index is -3.03. The molecule has 1 aromatic heterocycles. The number of carbonyl (C=O) groups is 1. The van der Waals surface area contributed by atoms with E-state index >= 15 is 0 Å². The third kappa shape index (κ3) is 4.57. The summed E-state index contributed by atoms with van der Waals surface area (Å²) in [5, 5.41) is 0.290. The summed E-state index contributed by atoms with van der Waals surface area (Å²) in [7, 11) is 2.56. The van der Waals surface area contributed by atoms with Crippen molar-refractivity contribution in [3.63, 3.8) is 0 Å². The van der Waals surface area contributed by atoms with E-state index in [-0.39, 0.29) is 38.8 Å². The predicted molar refractivity (Wildman–Crippen MR) is 107 cm³/mol. The summed E-state index contributed by atoms with van der Waals surface area (Å²) in [6, 6.07) is 8.62. The lowest BCUT2D eigenvalue weighted by molar-refractivity contribution is -0.0512. The number of aromatic nitrogens is 2. The van der Waals surface area contributed by atoms with Crippen molar-refractivity contribution in [2.24, 2.45) is 0 Å². The number of hydrogen-bond donors (Lipinski definition) is 1. The first-order chi connectivity index (χ1) is 14.3. The third-order valence-corrected chi connectivity index (χ3v) is 4.34. The third-order valence-electron chi connectivity index (χ3n) is 4.05. The van der Waals surface area contributed by atoms with Crippen molar-refractivity contribution in [1.29, 1.82) is 0 Å². The van der Waals surface area contributed by atoms with E-state index < -0.39 is 18.1 Å². The van der Waals surface area contributed by atoms with Crippen molar-refractivity contribution in [2.45, 2.75) is 6.61 Å². The lowest BCUT2D eigenvalue weighted by Crippen LogP contribution is -2.11. The molecule has 0 saturated carbocycles. The molecule has 30 heavy (non-hydrogen) atoms. The van der Waals surface area contributed by atoms with Crippen molar-refractivity contribution in [3.8, 4) is 11.5 Å². The van der Waals surface area contributed by atoms with Gasteiger partial charge in [-0.05, 0) is 42.0 Å². The van der Waals surface area contributed by atoms with Crippen LogP contribution in [0.15, 0.2) is 41.2 Å². The van der Waals surface area contributed by atoms with Crippen molar-refractivity contribution in [3.05, 3.63) is 63.7 Å². The number of ether oxygens (including phenoxy) is 3. The smallest absolute Gasteiger partial charge is 0.387 e. The summed E-state index contributed by atoms with van der Waals surface area (Å²) in [6.07, 6.45) is 1.41. The van der Waals surface area contributed by atoms with Gasteiger partial charge >= 0.3 is 12.6 Å². The number of hydrogen-bond acceptors (Lipinski definition) is 6. The summed E-state index contributed by atoms with van der Waals surface area (Å²) >= 11 is 6.29. The lowest BCUT2D eigenvalue weighted by Gasteiger charge is -2.10. The number of H-pyrrole nitrogens is 1. The fourth-order valence-corrected chi connectivity index (χ4v) is 2.90. The molecular formula is C20H15ClF2N2O5. The highest BCUT2D eigenvalue weighted by Gasteiger charge is 2.13. The Balaban J connectivity index is 2.03. The average molecular weight is 437 g/mol. The molecule has 1 N–H and O–H groups in total. The van der Waals surface area contributed by atoms with Crippen LogP contribution in [0, 0.1) is 0 Å². The Hall–Kier alpha value is -3.46. The van der Waals surface area contributed by atoms with Gasteiger partial charge in [0.05, 0.1) is 35.7 Å². The van der Waals surface area contributed by atoms with Crippen molar-refractivity contribution >= 4 is 39.6 Å². The van der Waals surface area contributed by atoms with Gasteiger partial charge in [-0.3, -0.25) is 4.79 Å². The first-order valence-electron chi connectivity index (χ1n) is 8.45. The quantitative estimate of drug-likeness (QED) is 0.586. The number of fused-ring (bicyclic) bond motifs is 1. The van der Waals surface area contributed by atoms with Crippen LogP contribution in [-0.4, -0.2) is 36.8 Å². The average Bonchev–Trinajstić information content (AvgIpc) is 2.72. The Morgan fingerprint density at radius 3 is 2.60 bits per heavy atom. The normalized spacial score (nSPS) is 11.6. The number of benzene rings is 2. The number of methoxy groups -OCH3 is 2. The monoisotopic (exact) mass is 436 g/mol. The maximum atomic E-state index is 12.6. The topological polar surface area (TPSA) is 90.5 Å². The highest BCUT2D eigenvalue weighted by Crippen LogP contribution is 2.31. The van der Waals surface area contributed by atoms with Gasteiger partial charge in [-0.2, -0.15) is 8.78 Å². The fraction of sp³-hybridized carbons (Fsp3) is 0.150. The molecule has 0 bridgehead atoms. The van der Waals surface area contributed by atoms with Crippen molar-refractivity contribution in [2.75, 3.05) is 14.2 Å². The molecular weight excluding hydrogens is 422 g/mol. The van der Waals surface area contributed by atoms with E-state index in [1.165, 1.54) is 50.6 Å². The number of esters is 1. The zero-order valence-electron chi connectivity index (χ0n) is 15.7. The van der Waals surface area contributed by atoms with E-state index in [0.717, 1.165) is 0 Å². The molecule has 0 aliphatic rings. The molecule has 0 fully saturated rings.